The molecule has 0 aromatic carbocycles. The summed E-state index contributed by atoms with van der Waals surface area (Å²) in [5, 5.41) is 2.40. The third kappa shape index (κ3) is 1.42. The van der Waals surface area contributed by atoms with E-state index < -0.39 is 0 Å². The highest BCUT2D eigenvalue weighted by Crippen LogP contribution is 1.99. The Morgan fingerprint density at radius 1 is 1.89 bits per heavy atom. The van der Waals surface area contributed by atoms with Crippen molar-refractivity contribution >= 4 is 11.9 Å². The first-order valence-electron chi connectivity index (χ1n) is 2.81. The molecule has 0 saturated heterocycles. The van der Waals surface area contributed by atoms with Crippen molar-refractivity contribution in [2.24, 2.45) is 10.7 Å². The first kappa shape index (κ1) is 6.07. The van der Waals surface area contributed by atoms with E-state index in [-0.39, 0.29) is 17.9 Å². The van der Waals surface area contributed by atoms with Crippen molar-refractivity contribution in [2.75, 3.05) is 0 Å². The van der Waals surface area contributed by atoms with Crippen LogP contribution in [0, 0.1) is 0 Å². The second-order valence-electron chi connectivity index (χ2n) is 2.12. The molecule has 0 unspecified atom stereocenters. The van der Waals surface area contributed by atoms with Gasteiger partial charge in [-0.3, -0.25) is 10.1 Å². The van der Waals surface area contributed by atoms with E-state index in [0.717, 1.165) is 0 Å². The summed E-state index contributed by atoms with van der Waals surface area (Å²) in [5.74, 6) is 0.189. The predicted octanol–water partition coefficient (Wildman–Crippen LogP) is -0.790. The lowest BCUT2D eigenvalue weighted by atomic mass is 10.2. The van der Waals surface area contributed by atoms with Gasteiger partial charge in [-0.25, -0.2) is 4.99 Å². The molecule has 1 aliphatic rings. The molecule has 0 radical (unpaired) electrons. The number of hydrogen-bond donors (Lipinski definition) is 2. The van der Waals surface area contributed by atoms with Crippen molar-refractivity contribution in [2.45, 2.75) is 19.4 Å². The zero-order valence-corrected chi connectivity index (χ0v) is 5.22. The normalized spacial score (nSPS) is 27.0. The average molecular weight is 127 g/mol. The van der Waals surface area contributed by atoms with E-state index in [1.165, 1.54) is 0 Å². The monoisotopic (exact) mass is 127 g/mol. The lowest BCUT2D eigenvalue weighted by Gasteiger charge is -2.13. The highest BCUT2D eigenvalue weighted by Gasteiger charge is 2.14. The average Bonchev–Trinajstić information content (AvgIpc) is 1.59. The molecule has 50 valence electrons. The topological polar surface area (TPSA) is 67.5 Å². The molecule has 4 nitrogen and oxygen atoms in total. The van der Waals surface area contributed by atoms with Crippen LogP contribution in [0.5, 0.6) is 0 Å². The van der Waals surface area contributed by atoms with Gasteiger partial charge in [0.2, 0.25) is 5.91 Å². The van der Waals surface area contributed by atoms with Crippen LogP contribution >= 0.6 is 0 Å². The maximum atomic E-state index is 10.6. The van der Waals surface area contributed by atoms with Crippen LogP contribution in [0.2, 0.25) is 0 Å². The molecule has 3 N–H and O–H groups in total. The molecule has 1 amide bonds. The number of nitrogens with two attached hydrogens (primary N) is 1. The first-order valence-corrected chi connectivity index (χ1v) is 2.81. The smallest absolute Gasteiger partial charge is 0.228 e. The van der Waals surface area contributed by atoms with Crippen LogP contribution in [-0.2, 0) is 4.79 Å². The molecule has 9 heavy (non-hydrogen) atoms. The molecule has 0 spiro atoms. The quantitative estimate of drug-likeness (QED) is 0.447. The second kappa shape index (κ2) is 2.05. The molecule has 1 heterocycles. The molecule has 1 atom stereocenters. The SMILES string of the molecule is C[C@@H]1CC(=O)NC(N)=N1. The first-order chi connectivity index (χ1) is 4.18. The standard InChI is InChI=1S/C5H9N3O/c1-3-2-4(9)8-5(6)7-3/h3H,2H2,1H3,(H3,6,7,8,9)/t3-/m1/s1. The van der Waals surface area contributed by atoms with Crippen molar-refractivity contribution in [3.8, 4) is 0 Å². The van der Waals surface area contributed by atoms with Crippen molar-refractivity contribution in [3.05, 3.63) is 0 Å². The molecule has 1 aliphatic heterocycles. The number of nitrogens with zero attached hydrogens (tertiary/aromatic N) is 1. The molecule has 0 aliphatic carbocycles. The predicted molar refractivity (Wildman–Crippen MR) is 33.8 cm³/mol. The molecule has 0 saturated carbocycles. The third-order valence-electron chi connectivity index (χ3n) is 1.11. The van der Waals surface area contributed by atoms with E-state index in [4.69, 9.17) is 5.73 Å². The van der Waals surface area contributed by atoms with Crippen molar-refractivity contribution in [3.63, 3.8) is 0 Å². The summed E-state index contributed by atoms with van der Waals surface area (Å²) < 4.78 is 0. The summed E-state index contributed by atoms with van der Waals surface area (Å²) in [4.78, 5) is 14.5. The van der Waals surface area contributed by atoms with Gasteiger partial charge in [0.1, 0.15) is 0 Å². The minimum absolute atomic E-state index is 0.0405. The maximum absolute atomic E-state index is 10.6. The van der Waals surface area contributed by atoms with E-state index >= 15 is 0 Å². The lowest BCUT2D eigenvalue weighted by molar-refractivity contribution is -0.120. The summed E-state index contributed by atoms with van der Waals surface area (Å²) >= 11 is 0. The molecule has 0 bridgehead atoms. The summed E-state index contributed by atoms with van der Waals surface area (Å²) in [7, 11) is 0. The van der Waals surface area contributed by atoms with Crippen molar-refractivity contribution < 1.29 is 4.79 Å². The van der Waals surface area contributed by atoms with Gasteiger partial charge in [0.05, 0.1) is 6.04 Å². The van der Waals surface area contributed by atoms with E-state index in [9.17, 15) is 4.79 Å². The Kier molecular flexibility index (Phi) is 1.38. The summed E-state index contributed by atoms with van der Waals surface area (Å²) in [6, 6.07) is 0.0405. The van der Waals surface area contributed by atoms with Gasteiger partial charge in [-0.1, -0.05) is 0 Å². The third-order valence-corrected chi connectivity index (χ3v) is 1.11. The van der Waals surface area contributed by atoms with E-state index in [1.54, 1.807) is 0 Å². The highest BCUT2D eigenvalue weighted by molar-refractivity contribution is 5.98. The highest BCUT2D eigenvalue weighted by atomic mass is 16.1. The van der Waals surface area contributed by atoms with Gasteiger partial charge >= 0.3 is 0 Å². The zero-order valence-electron chi connectivity index (χ0n) is 5.22. The second-order valence-corrected chi connectivity index (χ2v) is 2.12. The van der Waals surface area contributed by atoms with Gasteiger partial charge in [-0.2, -0.15) is 0 Å². The summed E-state index contributed by atoms with van der Waals surface area (Å²) in [6.07, 6.45) is 0.445. The molecular formula is C5H9N3O. The molecule has 0 aromatic heterocycles. The van der Waals surface area contributed by atoms with Gasteiger partial charge in [0.25, 0.3) is 0 Å². The molecule has 0 fully saturated rings. The Morgan fingerprint density at radius 3 is 3.00 bits per heavy atom. The van der Waals surface area contributed by atoms with Gasteiger partial charge in [0, 0.05) is 6.42 Å². The number of hydrogen-bond acceptors (Lipinski definition) is 3. The van der Waals surface area contributed by atoms with E-state index in [0.29, 0.717) is 6.42 Å². The number of carbonyl (C=O) groups is 1. The van der Waals surface area contributed by atoms with E-state index in [1.807, 2.05) is 6.92 Å². The number of nitrogens with one attached hydrogen (secondary N) is 1. The van der Waals surface area contributed by atoms with Crippen LogP contribution in [0.4, 0.5) is 0 Å². The number of aliphatic imine (C=N–C) groups is 1. The molecular weight excluding hydrogens is 118 g/mol. The Balaban J connectivity index is 2.67. The van der Waals surface area contributed by atoms with Gasteiger partial charge in [-0.05, 0) is 6.92 Å². The Labute approximate surface area is 53.1 Å². The van der Waals surface area contributed by atoms with E-state index in [2.05, 4.69) is 10.3 Å². The Bertz CT molecular complexity index is 164. The van der Waals surface area contributed by atoms with Gasteiger partial charge in [-0.15, -0.1) is 0 Å². The van der Waals surface area contributed by atoms with Crippen LogP contribution in [0.3, 0.4) is 0 Å². The molecule has 0 aromatic rings. The fourth-order valence-electron chi connectivity index (χ4n) is 0.778. The molecule has 1 rings (SSSR count). The van der Waals surface area contributed by atoms with Crippen molar-refractivity contribution in [1.82, 2.24) is 5.32 Å². The minimum Gasteiger partial charge on any atom is -0.370 e. The van der Waals surface area contributed by atoms with Crippen LogP contribution in [0.25, 0.3) is 0 Å². The Morgan fingerprint density at radius 2 is 2.56 bits per heavy atom. The fourth-order valence-corrected chi connectivity index (χ4v) is 0.778. The summed E-state index contributed by atoms with van der Waals surface area (Å²) in [6.45, 7) is 1.85. The van der Waals surface area contributed by atoms with Gasteiger partial charge < -0.3 is 5.73 Å². The van der Waals surface area contributed by atoms with Crippen LogP contribution in [0.15, 0.2) is 4.99 Å². The fraction of sp³-hybridized carbons (Fsp3) is 0.600. The number of carbonyl (C=O) groups excluding carboxylic acids is 1. The minimum atomic E-state index is -0.0463. The number of amides is 1. The number of guanidine groups is 1. The van der Waals surface area contributed by atoms with Crippen LogP contribution < -0.4 is 11.1 Å². The number of rotatable bonds is 0. The zero-order chi connectivity index (χ0) is 6.85. The van der Waals surface area contributed by atoms with Gasteiger partial charge in [0.15, 0.2) is 5.96 Å². The van der Waals surface area contributed by atoms with Crippen molar-refractivity contribution in [1.29, 1.82) is 0 Å². The molecule has 4 heteroatoms. The maximum Gasteiger partial charge on any atom is 0.228 e. The van der Waals surface area contributed by atoms with Crippen LogP contribution in [0.1, 0.15) is 13.3 Å². The largest absolute Gasteiger partial charge is 0.370 e. The summed E-state index contributed by atoms with van der Waals surface area (Å²) in [5.41, 5.74) is 5.23. The Hall–Kier alpha value is -1.06. The van der Waals surface area contributed by atoms with Crippen LogP contribution in [-0.4, -0.2) is 17.9 Å². The lowest BCUT2D eigenvalue weighted by Crippen LogP contribution is -2.42.